The molecule has 3 unspecified atom stereocenters. The molecule has 114 valence electrons. The molecule has 3 N–H and O–H groups in total. The molecule has 20 heavy (non-hydrogen) atoms. The van der Waals surface area contributed by atoms with Crippen molar-refractivity contribution >= 4 is 11.8 Å². The van der Waals surface area contributed by atoms with Crippen LogP contribution in [0.4, 0.5) is 0 Å². The molecule has 0 spiro atoms. The van der Waals surface area contributed by atoms with Crippen molar-refractivity contribution in [3.8, 4) is 0 Å². The number of aliphatic hydroxyl groups is 1. The Kier molecular flexibility index (Phi) is 4.99. The second kappa shape index (κ2) is 6.54. The van der Waals surface area contributed by atoms with Crippen molar-refractivity contribution in [2.45, 2.75) is 57.2 Å². The molecule has 0 aromatic heterocycles. The minimum atomic E-state index is -0.566. The standard InChI is InChI=1S/C14H25N3O3/c1-2-10-5-3-4-6-17(10)13(19)9-16-8-11(18)7-12(16)14(15)20/h10-12,18H,2-9H2,1H3,(H2,15,20). The lowest BCUT2D eigenvalue weighted by atomic mass is 10.00. The zero-order valence-electron chi connectivity index (χ0n) is 12.1. The summed E-state index contributed by atoms with van der Waals surface area (Å²) in [6, 6.07) is -0.199. The fraction of sp³-hybridized carbons (Fsp3) is 0.857. The van der Waals surface area contributed by atoms with E-state index in [0.29, 0.717) is 19.0 Å². The van der Waals surface area contributed by atoms with E-state index >= 15 is 0 Å². The van der Waals surface area contributed by atoms with E-state index in [1.165, 1.54) is 6.42 Å². The van der Waals surface area contributed by atoms with Crippen LogP contribution in [-0.4, -0.2) is 64.5 Å². The summed E-state index contributed by atoms with van der Waals surface area (Å²) < 4.78 is 0. The summed E-state index contributed by atoms with van der Waals surface area (Å²) in [7, 11) is 0. The molecule has 2 amide bonds. The van der Waals surface area contributed by atoms with Gasteiger partial charge in [0, 0.05) is 19.1 Å². The first kappa shape index (κ1) is 15.3. The summed E-state index contributed by atoms with van der Waals surface area (Å²) >= 11 is 0. The van der Waals surface area contributed by atoms with Crippen molar-refractivity contribution in [3.05, 3.63) is 0 Å². The van der Waals surface area contributed by atoms with Crippen LogP contribution in [0.1, 0.15) is 39.0 Å². The third-order valence-electron chi connectivity index (χ3n) is 4.47. The molecule has 2 heterocycles. The number of primary amides is 1. The molecular weight excluding hydrogens is 258 g/mol. The van der Waals surface area contributed by atoms with Crippen LogP contribution in [0.2, 0.25) is 0 Å². The highest BCUT2D eigenvalue weighted by molar-refractivity contribution is 5.83. The first-order valence-corrected chi connectivity index (χ1v) is 7.53. The van der Waals surface area contributed by atoms with E-state index in [9.17, 15) is 14.7 Å². The molecule has 0 aromatic carbocycles. The molecule has 2 aliphatic rings. The van der Waals surface area contributed by atoms with Crippen LogP contribution in [0, 0.1) is 0 Å². The monoisotopic (exact) mass is 283 g/mol. The molecule has 6 heteroatoms. The predicted molar refractivity (Wildman–Crippen MR) is 74.8 cm³/mol. The van der Waals surface area contributed by atoms with E-state index < -0.39 is 18.1 Å². The number of carbonyl (C=O) groups is 2. The van der Waals surface area contributed by atoms with Gasteiger partial charge in [-0.05, 0) is 32.1 Å². The highest BCUT2D eigenvalue weighted by atomic mass is 16.3. The zero-order valence-corrected chi connectivity index (χ0v) is 12.1. The van der Waals surface area contributed by atoms with Crippen molar-refractivity contribution < 1.29 is 14.7 Å². The van der Waals surface area contributed by atoms with Gasteiger partial charge in [0.15, 0.2) is 0 Å². The highest BCUT2D eigenvalue weighted by Gasteiger charge is 2.37. The lowest BCUT2D eigenvalue weighted by Gasteiger charge is -2.36. The summed E-state index contributed by atoms with van der Waals surface area (Å²) in [5.41, 5.74) is 5.34. The fourth-order valence-electron chi connectivity index (χ4n) is 3.37. The largest absolute Gasteiger partial charge is 0.392 e. The second-order valence-corrected chi connectivity index (χ2v) is 5.88. The van der Waals surface area contributed by atoms with E-state index in [-0.39, 0.29) is 12.5 Å². The van der Waals surface area contributed by atoms with Gasteiger partial charge in [0.25, 0.3) is 0 Å². The number of β-amino-alcohol motifs (C(OH)–C–C–N with tert-alkyl or cyclic N) is 1. The minimum absolute atomic E-state index is 0.0527. The number of amides is 2. The fourth-order valence-corrected chi connectivity index (χ4v) is 3.37. The molecule has 2 rings (SSSR count). The van der Waals surface area contributed by atoms with Gasteiger partial charge in [-0.1, -0.05) is 6.92 Å². The Bertz CT molecular complexity index is 375. The number of likely N-dealkylation sites (tertiary alicyclic amines) is 2. The third-order valence-corrected chi connectivity index (χ3v) is 4.47. The van der Waals surface area contributed by atoms with E-state index in [4.69, 9.17) is 5.73 Å². The number of hydrogen-bond donors (Lipinski definition) is 2. The van der Waals surface area contributed by atoms with Gasteiger partial charge in [-0.25, -0.2) is 0 Å². The maximum Gasteiger partial charge on any atom is 0.237 e. The molecule has 3 atom stereocenters. The van der Waals surface area contributed by atoms with Crippen LogP contribution >= 0.6 is 0 Å². The van der Waals surface area contributed by atoms with Gasteiger partial charge in [-0.2, -0.15) is 0 Å². The Morgan fingerprint density at radius 1 is 1.35 bits per heavy atom. The van der Waals surface area contributed by atoms with E-state index in [1.807, 2.05) is 4.90 Å². The molecule has 0 aliphatic carbocycles. The molecule has 0 aromatic rings. The predicted octanol–water partition coefficient (Wildman–Crippen LogP) is -0.302. The normalized spacial score (nSPS) is 31.5. The zero-order chi connectivity index (χ0) is 14.7. The molecule has 2 aliphatic heterocycles. The van der Waals surface area contributed by atoms with Crippen molar-refractivity contribution in [3.63, 3.8) is 0 Å². The van der Waals surface area contributed by atoms with Gasteiger partial charge in [0.1, 0.15) is 0 Å². The van der Waals surface area contributed by atoms with Crippen molar-refractivity contribution in [1.82, 2.24) is 9.80 Å². The van der Waals surface area contributed by atoms with Crippen LogP contribution in [0.15, 0.2) is 0 Å². The molecular formula is C14H25N3O3. The smallest absolute Gasteiger partial charge is 0.237 e. The van der Waals surface area contributed by atoms with Crippen LogP contribution < -0.4 is 5.73 Å². The first-order valence-electron chi connectivity index (χ1n) is 7.53. The molecule has 2 saturated heterocycles. The summed E-state index contributed by atoms with van der Waals surface area (Å²) in [6.07, 6.45) is 4.01. The molecule has 0 saturated carbocycles. The lowest BCUT2D eigenvalue weighted by Crippen LogP contribution is -2.50. The van der Waals surface area contributed by atoms with E-state index in [0.717, 1.165) is 25.8 Å². The second-order valence-electron chi connectivity index (χ2n) is 5.88. The molecule has 2 fully saturated rings. The lowest BCUT2D eigenvalue weighted by molar-refractivity contribution is -0.137. The van der Waals surface area contributed by atoms with Gasteiger partial charge >= 0.3 is 0 Å². The summed E-state index contributed by atoms with van der Waals surface area (Å²) in [5.74, 6) is -0.406. The first-order chi connectivity index (χ1) is 9.52. The van der Waals surface area contributed by atoms with Gasteiger partial charge in [-0.3, -0.25) is 14.5 Å². The Balaban J connectivity index is 1.97. The number of piperidine rings is 1. The number of aliphatic hydroxyl groups excluding tert-OH is 1. The summed E-state index contributed by atoms with van der Waals surface area (Å²) in [6.45, 7) is 3.43. The number of nitrogens with zero attached hydrogens (tertiary/aromatic N) is 2. The van der Waals surface area contributed by atoms with Crippen LogP contribution in [0.5, 0.6) is 0 Å². The topological polar surface area (TPSA) is 86.9 Å². The van der Waals surface area contributed by atoms with Crippen molar-refractivity contribution in [2.75, 3.05) is 19.6 Å². The number of carbonyl (C=O) groups excluding carboxylic acids is 2. The Hall–Kier alpha value is -1.14. The Morgan fingerprint density at radius 3 is 2.75 bits per heavy atom. The van der Waals surface area contributed by atoms with E-state index in [1.54, 1.807) is 4.90 Å². The van der Waals surface area contributed by atoms with Gasteiger partial charge in [-0.15, -0.1) is 0 Å². The minimum Gasteiger partial charge on any atom is -0.392 e. The Morgan fingerprint density at radius 2 is 2.10 bits per heavy atom. The SMILES string of the molecule is CCC1CCCCN1C(=O)CN1CC(O)CC1C(N)=O. The Labute approximate surface area is 119 Å². The average molecular weight is 283 g/mol. The van der Waals surface area contributed by atoms with Crippen molar-refractivity contribution in [1.29, 1.82) is 0 Å². The maximum atomic E-state index is 12.4. The van der Waals surface area contributed by atoms with Crippen molar-refractivity contribution in [2.24, 2.45) is 5.73 Å². The number of rotatable bonds is 4. The summed E-state index contributed by atoms with van der Waals surface area (Å²) in [5, 5.41) is 9.67. The maximum absolute atomic E-state index is 12.4. The van der Waals surface area contributed by atoms with Gasteiger partial charge < -0.3 is 15.7 Å². The molecule has 0 bridgehead atoms. The third kappa shape index (κ3) is 3.30. The average Bonchev–Trinajstić information content (AvgIpc) is 2.79. The van der Waals surface area contributed by atoms with Gasteiger partial charge in [0.2, 0.25) is 11.8 Å². The number of nitrogens with two attached hydrogens (primary N) is 1. The van der Waals surface area contributed by atoms with Crippen LogP contribution in [0.25, 0.3) is 0 Å². The number of hydrogen-bond acceptors (Lipinski definition) is 4. The quantitative estimate of drug-likeness (QED) is 0.741. The van der Waals surface area contributed by atoms with Crippen LogP contribution in [-0.2, 0) is 9.59 Å². The molecule has 6 nitrogen and oxygen atoms in total. The highest BCUT2D eigenvalue weighted by Crippen LogP contribution is 2.22. The van der Waals surface area contributed by atoms with Crippen LogP contribution in [0.3, 0.4) is 0 Å². The van der Waals surface area contributed by atoms with E-state index in [2.05, 4.69) is 6.92 Å². The summed E-state index contributed by atoms with van der Waals surface area (Å²) in [4.78, 5) is 27.5. The van der Waals surface area contributed by atoms with Gasteiger partial charge in [0.05, 0.1) is 18.7 Å². The molecule has 0 radical (unpaired) electrons.